The Hall–Kier alpha value is -2.65. The number of carbonyl (C=O) groups is 5. The number of hydrogen-bond donors (Lipinski definition) is 2. The molecule has 1 fully saturated rings. The lowest BCUT2D eigenvalue weighted by atomic mass is 10.1. The lowest BCUT2D eigenvalue weighted by Crippen LogP contribution is -2.47. The van der Waals surface area contributed by atoms with Gasteiger partial charge in [-0.3, -0.25) is 14.4 Å². The Morgan fingerprint density at radius 3 is 2.21 bits per heavy atom. The molecule has 134 valence electrons. The van der Waals surface area contributed by atoms with Crippen LogP contribution in [0.3, 0.4) is 0 Å². The molecule has 0 unspecified atom stereocenters. The van der Waals surface area contributed by atoms with E-state index >= 15 is 0 Å². The summed E-state index contributed by atoms with van der Waals surface area (Å²) in [4.78, 5) is 62.4. The lowest BCUT2D eigenvalue weighted by Gasteiger charge is -2.23. The number of nitrogens with zero attached hydrogens (tertiary/aromatic N) is 1. The van der Waals surface area contributed by atoms with Gasteiger partial charge in [0.1, 0.15) is 11.6 Å². The minimum Gasteiger partial charge on any atom is -0.444 e. The first kappa shape index (κ1) is 19.4. The van der Waals surface area contributed by atoms with Crippen molar-refractivity contribution in [3.63, 3.8) is 0 Å². The summed E-state index contributed by atoms with van der Waals surface area (Å²) in [6, 6.07) is -1.30. The summed E-state index contributed by atoms with van der Waals surface area (Å²) in [5, 5.41) is 2.60. The highest BCUT2D eigenvalue weighted by atomic mass is 16.7. The van der Waals surface area contributed by atoms with Gasteiger partial charge in [-0.2, -0.15) is 0 Å². The monoisotopic (exact) mass is 343 g/mol. The number of hydroxylamine groups is 2. The zero-order chi connectivity index (χ0) is 18.5. The second-order valence-electron chi connectivity index (χ2n) is 6.20. The van der Waals surface area contributed by atoms with Crippen molar-refractivity contribution in [3.05, 3.63) is 0 Å². The molecule has 4 amide bonds. The molecule has 0 saturated carbocycles. The minimum atomic E-state index is -1.30. The number of hydrogen-bond acceptors (Lipinski definition) is 7. The number of ether oxygens (including phenoxy) is 1. The number of nitrogens with one attached hydrogen (secondary N) is 1. The fraction of sp³-hybridized carbons (Fsp3) is 0.643. The van der Waals surface area contributed by atoms with E-state index in [9.17, 15) is 24.0 Å². The Morgan fingerprint density at radius 2 is 1.75 bits per heavy atom. The summed E-state index contributed by atoms with van der Waals surface area (Å²) in [6.45, 7) is 4.89. The van der Waals surface area contributed by atoms with Crippen LogP contribution in [0, 0.1) is 0 Å². The molecule has 0 aliphatic carbocycles. The normalized spacial score (nSPS) is 15.9. The smallest absolute Gasteiger partial charge is 0.408 e. The van der Waals surface area contributed by atoms with Crippen LogP contribution in [-0.2, 0) is 28.8 Å². The molecule has 0 bridgehead atoms. The maximum atomic E-state index is 12.1. The van der Waals surface area contributed by atoms with E-state index in [0.717, 1.165) is 0 Å². The zero-order valence-electron chi connectivity index (χ0n) is 13.8. The SMILES string of the molecule is CC(C)(C)OC(=O)N[C@@H](CCC(N)=O)C(=O)ON1C(=O)CCC1=O. The quantitative estimate of drug-likeness (QED) is 0.632. The first-order valence-electron chi connectivity index (χ1n) is 7.35. The van der Waals surface area contributed by atoms with Gasteiger partial charge in [0.15, 0.2) is 0 Å². The molecule has 1 heterocycles. The third-order valence-electron chi connectivity index (χ3n) is 2.84. The largest absolute Gasteiger partial charge is 0.444 e. The van der Waals surface area contributed by atoms with Crippen molar-refractivity contribution in [3.8, 4) is 0 Å². The first-order valence-corrected chi connectivity index (χ1v) is 7.35. The van der Waals surface area contributed by atoms with E-state index in [4.69, 9.17) is 15.3 Å². The van der Waals surface area contributed by atoms with E-state index in [-0.39, 0.29) is 25.7 Å². The minimum absolute atomic E-state index is 0.0580. The molecule has 1 aliphatic rings. The molecule has 10 nitrogen and oxygen atoms in total. The Bertz CT molecular complexity index is 537. The molecule has 24 heavy (non-hydrogen) atoms. The topological polar surface area (TPSA) is 145 Å². The second kappa shape index (κ2) is 7.75. The maximum absolute atomic E-state index is 12.1. The zero-order valence-corrected chi connectivity index (χ0v) is 13.8. The van der Waals surface area contributed by atoms with Crippen molar-refractivity contribution in [1.29, 1.82) is 0 Å². The number of amides is 4. The second-order valence-corrected chi connectivity index (χ2v) is 6.20. The van der Waals surface area contributed by atoms with Crippen LogP contribution >= 0.6 is 0 Å². The van der Waals surface area contributed by atoms with Gasteiger partial charge in [0.2, 0.25) is 5.91 Å². The Morgan fingerprint density at radius 1 is 1.21 bits per heavy atom. The van der Waals surface area contributed by atoms with Gasteiger partial charge < -0.3 is 20.6 Å². The van der Waals surface area contributed by atoms with E-state index in [0.29, 0.717) is 5.06 Å². The Balaban J connectivity index is 2.74. The summed E-state index contributed by atoms with van der Waals surface area (Å²) in [7, 11) is 0. The number of nitrogens with two attached hydrogens (primary N) is 1. The molecule has 1 aliphatic heterocycles. The van der Waals surface area contributed by atoms with Crippen molar-refractivity contribution in [2.75, 3.05) is 0 Å². The molecule has 1 rings (SSSR count). The van der Waals surface area contributed by atoms with E-state index < -0.39 is 41.4 Å². The standard InChI is InChI=1S/C14H21N3O7/c1-14(2,3)23-13(22)16-8(4-5-9(15)18)12(21)24-17-10(19)6-7-11(17)20/h8H,4-7H2,1-3H3,(H2,15,18)(H,16,22)/t8-/m0/s1. The molecule has 10 heteroatoms. The first-order chi connectivity index (χ1) is 11.0. The van der Waals surface area contributed by atoms with E-state index in [1.54, 1.807) is 20.8 Å². The summed E-state index contributed by atoms with van der Waals surface area (Å²) >= 11 is 0. The van der Waals surface area contributed by atoms with Crippen LogP contribution in [0.2, 0.25) is 0 Å². The number of carbonyl (C=O) groups excluding carboxylic acids is 5. The number of rotatable bonds is 6. The fourth-order valence-corrected chi connectivity index (χ4v) is 1.80. The van der Waals surface area contributed by atoms with Gasteiger partial charge in [-0.15, -0.1) is 5.06 Å². The van der Waals surface area contributed by atoms with Gasteiger partial charge in [-0.25, -0.2) is 9.59 Å². The molecule has 0 aromatic carbocycles. The van der Waals surface area contributed by atoms with Gasteiger partial charge in [-0.05, 0) is 27.2 Å². The van der Waals surface area contributed by atoms with Gasteiger partial charge >= 0.3 is 12.1 Å². The summed E-state index contributed by atoms with van der Waals surface area (Å²) in [5.74, 6) is -3.06. The highest BCUT2D eigenvalue weighted by molar-refractivity contribution is 6.01. The van der Waals surface area contributed by atoms with Crippen LogP contribution in [0.5, 0.6) is 0 Å². The molecule has 3 N–H and O–H groups in total. The predicted octanol–water partition coefficient (Wildman–Crippen LogP) is -0.248. The predicted molar refractivity (Wildman–Crippen MR) is 78.8 cm³/mol. The van der Waals surface area contributed by atoms with Crippen LogP contribution in [0.15, 0.2) is 0 Å². The van der Waals surface area contributed by atoms with Crippen LogP contribution in [0.4, 0.5) is 4.79 Å². The average Bonchev–Trinajstić information content (AvgIpc) is 2.73. The molecule has 1 saturated heterocycles. The van der Waals surface area contributed by atoms with Crippen LogP contribution in [0.1, 0.15) is 46.5 Å². The van der Waals surface area contributed by atoms with Gasteiger partial charge in [-0.1, -0.05) is 0 Å². The Labute approximate surface area is 138 Å². The molecule has 0 aromatic rings. The number of alkyl carbamates (subject to hydrolysis) is 1. The van der Waals surface area contributed by atoms with Crippen molar-refractivity contribution < 1.29 is 33.5 Å². The van der Waals surface area contributed by atoms with Crippen LogP contribution < -0.4 is 11.1 Å². The molecule has 0 aromatic heterocycles. The van der Waals surface area contributed by atoms with E-state index in [1.807, 2.05) is 0 Å². The van der Waals surface area contributed by atoms with Crippen molar-refractivity contribution in [2.24, 2.45) is 5.73 Å². The molecule has 0 spiro atoms. The van der Waals surface area contributed by atoms with Gasteiger partial charge in [0.25, 0.3) is 11.8 Å². The van der Waals surface area contributed by atoms with Gasteiger partial charge in [0, 0.05) is 19.3 Å². The third-order valence-corrected chi connectivity index (χ3v) is 2.84. The lowest BCUT2D eigenvalue weighted by molar-refractivity contribution is -0.199. The highest BCUT2D eigenvalue weighted by Gasteiger charge is 2.35. The summed E-state index contributed by atoms with van der Waals surface area (Å²) in [6.07, 6.45) is -1.40. The highest BCUT2D eigenvalue weighted by Crippen LogP contribution is 2.14. The molecule has 0 radical (unpaired) electrons. The number of primary amides is 1. The van der Waals surface area contributed by atoms with Crippen LogP contribution in [-0.4, -0.2) is 46.5 Å². The maximum Gasteiger partial charge on any atom is 0.408 e. The summed E-state index contributed by atoms with van der Waals surface area (Å²) in [5.41, 5.74) is 4.23. The van der Waals surface area contributed by atoms with Crippen molar-refractivity contribution >= 4 is 29.8 Å². The number of imide groups is 1. The third kappa shape index (κ3) is 6.23. The summed E-state index contributed by atoms with van der Waals surface area (Å²) < 4.78 is 5.02. The fourth-order valence-electron chi connectivity index (χ4n) is 1.80. The van der Waals surface area contributed by atoms with Crippen molar-refractivity contribution in [1.82, 2.24) is 10.4 Å². The van der Waals surface area contributed by atoms with Crippen LogP contribution in [0.25, 0.3) is 0 Å². The van der Waals surface area contributed by atoms with Crippen molar-refractivity contribution in [2.45, 2.75) is 58.1 Å². The Kier molecular flexibility index (Phi) is 6.27. The molecular weight excluding hydrogens is 322 g/mol. The average molecular weight is 343 g/mol. The van der Waals surface area contributed by atoms with Gasteiger partial charge in [0.05, 0.1) is 0 Å². The molecule has 1 atom stereocenters. The molecular formula is C14H21N3O7. The van der Waals surface area contributed by atoms with E-state index in [2.05, 4.69) is 5.32 Å². The van der Waals surface area contributed by atoms with E-state index in [1.165, 1.54) is 0 Å².